The SMILES string of the molecule is CCN1CCN(C2(C(=O)N(C)CC[C@@H]3CCCCO3)Cc3ccccc3C2)CC1. The van der Waals surface area contributed by atoms with Crippen LogP contribution in [0.15, 0.2) is 24.3 Å². The van der Waals surface area contributed by atoms with Crippen LogP contribution in [0.25, 0.3) is 0 Å². The lowest BCUT2D eigenvalue weighted by Crippen LogP contribution is -2.64. The molecule has 0 saturated carbocycles. The molecule has 1 atom stereocenters. The average Bonchev–Trinajstić information content (AvgIpc) is 3.18. The number of hydrogen-bond donors (Lipinski definition) is 0. The molecular formula is C24H37N3O2. The van der Waals surface area contributed by atoms with E-state index in [1.807, 2.05) is 11.9 Å². The van der Waals surface area contributed by atoms with E-state index in [0.717, 1.165) is 71.6 Å². The van der Waals surface area contributed by atoms with Crippen molar-refractivity contribution in [2.24, 2.45) is 0 Å². The van der Waals surface area contributed by atoms with E-state index in [1.165, 1.54) is 24.0 Å². The summed E-state index contributed by atoms with van der Waals surface area (Å²) in [6.45, 7) is 9.06. The van der Waals surface area contributed by atoms with Crippen LogP contribution < -0.4 is 0 Å². The summed E-state index contributed by atoms with van der Waals surface area (Å²) in [6.07, 6.45) is 6.53. The first kappa shape index (κ1) is 20.8. The van der Waals surface area contributed by atoms with Crippen molar-refractivity contribution in [1.29, 1.82) is 0 Å². The van der Waals surface area contributed by atoms with Gasteiger partial charge in [0.15, 0.2) is 0 Å². The summed E-state index contributed by atoms with van der Waals surface area (Å²) in [5.74, 6) is 0.300. The maximum absolute atomic E-state index is 13.9. The highest BCUT2D eigenvalue weighted by atomic mass is 16.5. The fourth-order valence-electron chi connectivity index (χ4n) is 5.43. The van der Waals surface area contributed by atoms with Gasteiger partial charge in [0.1, 0.15) is 5.54 Å². The van der Waals surface area contributed by atoms with Crippen LogP contribution in [0.1, 0.15) is 43.7 Å². The third-order valence-electron chi connectivity index (χ3n) is 7.31. The minimum absolute atomic E-state index is 0.300. The van der Waals surface area contributed by atoms with E-state index in [-0.39, 0.29) is 0 Å². The monoisotopic (exact) mass is 399 g/mol. The van der Waals surface area contributed by atoms with Gasteiger partial charge < -0.3 is 14.5 Å². The lowest BCUT2D eigenvalue weighted by molar-refractivity contribution is -0.145. The third kappa shape index (κ3) is 4.37. The van der Waals surface area contributed by atoms with Crippen molar-refractivity contribution in [3.8, 4) is 0 Å². The van der Waals surface area contributed by atoms with E-state index in [0.29, 0.717) is 12.0 Å². The van der Waals surface area contributed by atoms with Crippen LogP contribution in [0.5, 0.6) is 0 Å². The van der Waals surface area contributed by atoms with Crippen LogP contribution in [-0.2, 0) is 22.4 Å². The van der Waals surface area contributed by atoms with Crippen molar-refractivity contribution in [3.05, 3.63) is 35.4 Å². The van der Waals surface area contributed by atoms with Crippen molar-refractivity contribution in [2.75, 3.05) is 52.9 Å². The number of carbonyl (C=O) groups is 1. The minimum atomic E-state index is -0.411. The standard InChI is InChI=1S/C24H37N3O2/c1-3-26-13-15-27(16-14-26)24(18-20-8-4-5-9-21(20)19-24)23(28)25(2)12-11-22-10-6-7-17-29-22/h4-5,8-9,22H,3,6-7,10-19H2,1-2H3/t22-/m0/s1. The zero-order valence-corrected chi connectivity index (χ0v) is 18.2. The van der Waals surface area contributed by atoms with Crippen LogP contribution in [0.2, 0.25) is 0 Å². The molecule has 5 nitrogen and oxygen atoms in total. The maximum Gasteiger partial charge on any atom is 0.243 e. The van der Waals surface area contributed by atoms with Gasteiger partial charge in [-0.25, -0.2) is 0 Å². The van der Waals surface area contributed by atoms with Gasteiger partial charge in [-0.3, -0.25) is 9.69 Å². The Morgan fingerprint density at radius 2 is 1.83 bits per heavy atom. The Hall–Kier alpha value is -1.43. The fourth-order valence-corrected chi connectivity index (χ4v) is 5.43. The van der Waals surface area contributed by atoms with Gasteiger partial charge in [0, 0.05) is 59.2 Å². The Balaban J connectivity index is 1.48. The van der Waals surface area contributed by atoms with Crippen LogP contribution >= 0.6 is 0 Å². The smallest absolute Gasteiger partial charge is 0.243 e. The summed E-state index contributed by atoms with van der Waals surface area (Å²) in [5, 5.41) is 0. The molecule has 5 heteroatoms. The molecule has 3 aliphatic rings. The maximum atomic E-state index is 13.9. The number of likely N-dealkylation sites (N-methyl/N-ethyl adjacent to an activating group) is 2. The third-order valence-corrected chi connectivity index (χ3v) is 7.31. The van der Waals surface area contributed by atoms with Crippen molar-refractivity contribution in [2.45, 2.75) is 57.1 Å². The highest BCUT2D eigenvalue weighted by molar-refractivity contribution is 5.88. The average molecular weight is 400 g/mol. The zero-order valence-electron chi connectivity index (χ0n) is 18.2. The van der Waals surface area contributed by atoms with Gasteiger partial charge in [0.05, 0.1) is 6.10 Å². The number of piperazine rings is 1. The van der Waals surface area contributed by atoms with Crippen LogP contribution in [-0.4, -0.2) is 85.2 Å². The van der Waals surface area contributed by atoms with Crippen LogP contribution in [0.4, 0.5) is 0 Å². The first-order chi connectivity index (χ1) is 14.1. The molecule has 0 N–H and O–H groups in total. The predicted octanol–water partition coefficient (Wildman–Crippen LogP) is 2.58. The summed E-state index contributed by atoms with van der Waals surface area (Å²) < 4.78 is 5.90. The largest absolute Gasteiger partial charge is 0.378 e. The zero-order chi connectivity index (χ0) is 20.3. The molecule has 0 radical (unpaired) electrons. The lowest BCUT2D eigenvalue weighted by atomic mass is 9.90. The Morgan fingerprint density at radius 3 is 2.41 bits per heavy atom. The highest BCUT2D eigenvalue weighted by Gasteiger charge is 2.50. The van der Waals surface area contributed by atoms with Gasteiger partial charge in [-0.15, -0.1) is 0 Å². The summed E-state index contributed by atoms with van der Waals surface area (Å²) in [4.78, 5) is 20.9. The van der Waals surface area contributed by atoms with Gasteiger partial charge in [-0.2, -0.15) is 0 Å². The van der Waals surface area contributed by atoms with Crippen molar-refractivity contribution in [1.82, 2.24) is 14.7 Å². The number of carbonyl (C=O) groups excluding carboxylic acids is 1. The number of amides is 1. The molecule has 1 amide bonds. The molecule has 29 heavy (non-hydrogen) atoms. The molecular weight excluding hydrogens is 362 g/mol. The summed E-state index contributed by atoms with van der Waals surface area (Å²) in [5.41, 5.74) is 2.29. The molecule has 1 aromatic carbocycles. The first-order valence-corrected chi connectivity index (χ1v) is 11.5. The quantitative estimate of drug-likeness (QED) is 0.737. The summed E-state index contributed by atoms with van der Waals surface area (Å²) >= 11 is 0. The number of nitrogens with zero attached hydrogens (tertiary/aromatic N) is 3. The lowest BCUT2D eigenvalue weighted by Gasteiger charge is -2.46. The molecule has 2 fully saturated rings. The van der Waals surface area contributed by atoms with Crippen molar-refractivity contribution in [3.63, 3.8) is 0 Å². The summed E-state index contributed by atoms with van der Waals surface area (Å²) in [6, 6.07) is 8.64. The predicted molar refractivity (Wildman–Crippen MR) is 116 cm³/mol. The second-order valence-corrected chi connectivity index (χ2v) is 9.08. The Kier molecular flexibility index (Phi) is 6.57. The number of ether oxygens (including phenoxy) is 1. The van der Waals surface area contributed by atoms with E-state index in [2.05, 4.69) is 41.0 Å². The molecule has 2 saturated heterocycles. The van der Waals surface area contributed by atoms with Gasteiger partial charge in [0.2, 0.25) is 5.91 Å². The molecule has 2 heterocycles. The molecule has 160 valence electrons. The van der Waals surface area contributed by atoms with Gasteiger partial charge in [-0.1, -0.05) is 31.2 Å². The van der Waals surface area contributed by atoms with Crippen molar-refractivity contribution < 1.29 is 9.53 Å². The number of hydrogen-bond acceptors (Lipinski definition) is 4. The van der Waals surface area contributed by atoms with E-state index < -0.39 is 5.54 Å². The van der Waals surface area contributed by atoms with E-state index in [1.54, 1.807) is 0 Å². The van der Waals surface area contributed by atoms with E-state index in [9.17, 15) is 4.79 Å². The second kappa shape index (κ2) is 9.15. The number of benzene rings is 1. The fraction of sp³-hybridized carbons (Fsp3) is 0.708. The molecule has 1 aliphatic carbocycles. The van der Waals surface area contributed by atoms with Crippen molar-refractivity contribution >= 4 is 5.91 Å². The molecule has 0 spiro atoms. The first-order valence-electron chi connectivity index (χ1n) is 11.5. The van der Waals surface area contributed by atoms with Crippen LogP contribution in [0.3, 0.4) is 0 Å². The molecule has 2 aliphatic heterocycles. The molecule has 1 aromatic rings. The highest BCUT2D eigenvalue weighted by Crippen LogP contribution is 2.37. The van der Waals surface area contributed by atoms with E-state index in [4.69, 9.17) is 4.74 Å². The molecule has 0 bridgehead atoms. The van der Waals surface area contributed by atoms with Gasteiger partial charge >= 0.3 is 0 Å². The van der Waals surface area contributed by atoms with Gasteiger partial charge in [0.25, 0.3) is 0 Å². The van der Waals surface area contributed by atoms with Crippen LogP contribution in [0, 0.1) is 0 Å². The van der Waals surface area contributed by atoms with E-state index >= 15 is 0 Å². The molecule has 0 unspecified atom stereocenters. The Morgan fingerprint density at radius 1 is 1.14 bits per heavy atom. The summed E-state index contributed by atoms with van der Waals surface area (Å²) in [7, 11) is 2.00. The van der Waals surface area contributed by atoms with Gasteiger partial charge in [-0.05, 0) is 43.4 Å². The second-order valence-electron chi connectivity index (χ2n) is 9.08. The topological polar surface area (TPSA) is 36.0 Å². The number of fused-ring (bicyclic) bond motifs is 1. The molecule has 0 aromatic heterocycles. The molecule has 4 rings (SSSR count). The minimum Gasteiger partial charge on any atom is -0.378 e. The Bertz CT molecular complexity index is 668. The normalized spacial score (nSPS) is 25.0. The Labute approximate surface area is 176 Å². The number of rotatable bonds is 6.